The van der Waals surface area contributed by atoms with Crippen LogP contribution in [0.5, 0.6) is 0 Å². The normalized spacial score (nSPS) is 13.6. The Labute approximate surface area is 93.0 Å². The summed E-state index contributed by atoms with van der Waals surface area (Å²) < 4.78 is 0. The number of amides is 1. The number of hydrogen-bond donors (Lipinski definition) is 3. The molecule has 6 heteroatoms. The Hall–Kier alpha value is -1.85. The molecule has 0 spiro atoms. The fourth-order valence-electron chi connectivity index (χ4n) is 0.895. The molecule has 1 amide bonds. The van der Waals surface area contributed by atoms with Crippen molar-refractivity contribution >= 4 is 17.8 Å². The first kappa shape index (κ1) is 14.2. The molecule has 16 heavy (non-hydrogen) atoms. The average molecular weight is 227 g/mol. The van der Waals surface area contributed by atoms with Gasteiger partial charge in [0, 0.05) is 12.8 Å². The topological polar surface area (TPSA) is 104 Å². The molecule has 0 fully saturated rings. The summed E-state index contributed by atoms with van der Waals surface area (Å²) in [6, 6.07) is 0. The fraction of sp³-hybridized carbons (Fsp3) is 0.300. The number of carboxylic acids is 2. The Balaban J connectivity index is 4.85. The highest BCUT2D eigenvalue weighted by Gasteiger charge is 2.37. The van der Waals surface area contributed by atoms with Gasteiger partial charge in [-0.05, 0) is 0 Å². The van der Waals surface area contributed by atoms with E-state index in [-0.39, 0.29) is 6.42 Å². The molecule has 0 rings (SSSR count). The van der Waals surface area contributed by atoms with Gasteiger partial charge in [-0.1, -0.05) is 13.0 Å². The van der Waals surface area contributed by atoms with Gasteiger partial charge in [0.05, 0.1) is 6.42 Å². The lowest BCUT2D eigenvalue weighted by Gasteiger charge is -2.25. The van der Waals surface area contributed by atoms with Crippen LogP contribution >= 0.6 is 0 Å². The highest BCUT2D eigenvalue weighted by atomic mass is 16.4. The Morgan fingerprint density at radius 3 is 2.25 bits per heavy atom. The van der Waals surface area contributed by atoms with Crippen LogP contribution in [-0.2, 0) is 14.4 Å². The van der Waals surface area contributed by atoms with Crippen LogP contribution < -0.4 is 5.32 Å². The maximum atomic E-state index is 11.1. The summed E-state index contributed by atoms with van der Waals surface area (Å²) in [7, 11) is 0. The summed E-state index contributed by atoms with van der Waals surface area (Å²) in [5.74, 6) is -3.22. The summed E-state index contributed by atoms with van der Waals surface area (Å²) in [5.41, 5.74) is -1.88. The molecule has 0 aliphatic rings. The van der Waals surface area contributed by atoms with Crippen molar-refractivity contribution in [2.45, 2.75) is 18.9 Å². The van der Waals surface area contributed by atoms with Crippen LogP contribution in [0.3, 0.4) is 0 Å². The third-order valence-electron chi connectivity index (χ3n) is 1.83. The van der Waals surface area contributed by atoms with Gasteiger partial charge in [-0.15, -0.1) is 6.58 Å². The highest BCUT2D eigenvalue weighted by Crippen LogP contribution is 2.14. The van der Waals surface area contributed by atoms with Gasteiger partial charge in [0.25, 0.3) is 0 Å². The van der Waals surface area contributed by atoms with Gasteiger partial charge < -0.3 is 15.5 Å². The molecule has 0 aromatic heterocycles. The van der Waals surface area contributed by atoms with Gasteiger partial charge in [0.1, 0.15) is 0 Å². The molecule has 0 saturated heterocycles. The van der Waals surface area contributed by atoms with Gasteiger partial charge in [-0.25, -0.2) is 4.79 Å². The monoisotopic (exact) mass is 227 g/mol. The third kappa shape index (κ3) is 3.72. The number of carbonyl (C=O) groups excluding carboxylic acids is 1. The molecule has 2 radical (unpaired) electrons. The minimum atomic E-state index is -1.88. The Morgan fingerprint density at radius 2 is 1.94 bits per heavy atom. The van der Waals surface area contributed by atoms with Crippen LogP contribution in [0.25, 0.3) is 0 Å². The number of rotatable bonds is 7. The van der Waals surface area contributed by atoms with Gasteiger partial charge in [-0.2, -0.15) is 0 Å². The fourth-order valence-corrected chi connectivity index (χ4v) is 0.895. The summed E-state index contributed by atoms with van der Waals surface area (Å²) in [6.45, 7) is 4.83. The molecule has 0 aliphatic carbocycles. The van der Waals surface area contributed by atoms with E-state index in [1.807, 2.05) is 0 Å². The molecule has 0 heterocycles. The molecule has 88 valence electrons. The molecular weight excluding hydrogens is 214 g/mol. The second-order valence-corrected chi connectivity index (χ2v) is 2.95. The molecule has 1 unspecified atom stereocenters. The SMILES string of the molecule is C=CC([CH][CH]C(=O)O)(NC(=O)CC)C(=O)O. The maximum Gasteiger partial charge on any atom is 0.333 e. The van der Waals surface area contributed by atoms with E-state index in [4.69, 9.17) is 10.2 Å². The molecule has 0 aromatic carbocycles. The maximum absolute atomic E-state index is 11.1. The first-order valence-electron chi connectivity index (χ1n) is 4.48. The molecule has 0 saturated carbocycles. The van der Waals surface area contributed by atoms with E-state index in [2.05, 4.69) is 11.9 Å². The standard InChI is InChI=1S/C10H13NO5/c1-3-7(12)11-10(4-2,9(15)16)6-5-8(13)14/h4-6H,2-3H2,1H3,(H,11,12)(H,13,14)(H,15,16). The second kappa shape index (κ2) is 5.89. The van der Waals surface area contributed by atoms with Gasteiger partial charge in [-0.3, -0.25) is 9.59 Å². The Morgan fingerprint density at radius 1 is 1.38 bits per heavy atom. The lowest BCUT2D eigenvalue weighted by atomic mass is 9.93. The van der Waals surface area contributed by atoms with Gasteiger partial charge in [0.2, 0.25) is 5.91 Å². The van der Waals surface area contributed by atoms with E-state index in [1.165, 1.54) is 0 Å². The smallest absolute Gasteiger partial charge is 0.333 e. The quantitative estimate of drug-likeness (QED) is 0.532. The summed E-state index contributed by atoms with van der Waals surface area (Å²) in [6.07, 6.45) is 2.55. The van der Waals surface area contributed by atoms with Crippen LogP contribution in [-0.4, -0.2) is 33.6 Å². The first-order valence-corrected chi connectivity index (χ1v) is 4.48. The van der Waals surface area contributed by atoms with Crippen molar-refractivity contribution in [1.29, 1.82) is 0 Å². The third-order valence-corrected chi connectivity index (χ3v) is 1.83. The molecular formula is C10H13NO5. The average Bonchev–Trinajstić information content (AvgIpc) is 2.23. The Bertz CT molecular complexity index is 312. The summed E-state index contributed by atoms with van der Waals surface area (Å²) in [4.78, 5) is 32.4. The van der Waals surface area contributed by atoms with Gasteiger partial charge >= 0.3 is 11.9 Å². The van der Waals surface area contributed by atoms with Crippen molar-refractivity contribution in [1.82, 2.24) is 5.32 Å². The zero-order chi connectivity index (χ0) is 12.8. The van der Waals surface area contributed by atoms with E-state index in [1.54, 1.807) is 6.92 Å². The zero-order valence-corrected chi connectivity index (χ0v) is 8.77. The Kier molecular flexibility index (Phi) is 5.21. The molecule has 3 N–H and O–H groups in total. The molecule has 1 atom stereocenters. The number of hydrogen-bond acceptors (Lipinski definition) is 3. The summed E-state index contributed by atoms with van der Waals surface area (Å²) >= 11 is 0. The largest absolute Gasteiger partial charge is 0.481 e. The van der Waals surface area contributed by atoms with E-state index in [9.17, 15) is 14.4 Å². The number of carboxylic acid groups (broad SMARTS) is 2. The highest BCUT2D eigenvalue weighted by molar-refractivity contribution is 5.92. The van der Waals surface area contributed by atoms with Crippen molar-refractivity contribution in [2.75, 3.05) is 0 Å². The lowest BCUT2D eigenvalue weighted by Crippen LogP contribution is -2.53. The number of carbonyl (C=O) groups is 3. The van der Waals surface area contributed by atoms with E-state index in [0.717, 1.165) is 12.5 Å². The molecule has 0 aliphatic heterocycles. The van der Waals surface area contributed by atoms with Crippen molar-refractivity contribution in [2.24, 2.45) is 0 Å². The van der Waals surface area contributed by atoms with Crippen molar-refractivity contribution in [3.8, 4) is 0 Å². The minimum absolute atomic E-state index is 0.0871. The summed E-state index contributed by atoms with van der Waals surface area (Å²) in [5, 5.41) is 19.5. The van der Waals surface area contributed by atoms with Crippen molar-refractivity contribution in [3.63, 3.8) is 0 Å². The van der Waals surface area contributed by atoms with Crippen LogP contribution in [0.4, 0.5) is 0 Å². The number of aliphatic carboxylic acids is 2. The minimum Gasteiger partial charge on any atom is -0.481 e. The molecule has 0 aromatic rings. The number of nitrogens with one attached hydrogen (secondary N) is 1. The van der Waals surface area contributed by atoms with E-state index in [0.29, 0.717) is 6.42 Å². The van der Waals surface area contributed by atoms with Crippen LogP contribution in [0.1, 0.15) is 13.3 Å². The van der Waals surface area contributed by atoms with Crippen molar-refractivity contribution < 1.29 is 24.6 Å². The van der Waals surface area contributed by atoms with Crippen LogP contribution in [0.15, 0.2) is 12.7 Å². The first-order chi connectivity index (χ1) is 7.38. The van der Waals surface area contributed by atoms with E-state index < -0.39 is 23.4 Å². The lowest BCUT2D eigenvalue weighted by molar-refractivity contribution is -0.144. The predicted molar refractivity (Wildman–Crippen MR) is 55.2 cm³/mol. The van der Waals surface area contributed by atoms with Gasteiger partial charge in [0.15, 0.2) is 5.54 Å². The van der Waals surface area contributed by atoms with Crippen LogP contribution in [0.2, 0.25) is 0 Å². The molecule has 0 bridgehead atoms. The van der Waals surface area contributed by atoms with Crippen molar-refractivity contribution in [3.05, 3.63) is 25.5 Å². The predicted octanol–water partition coefficient (Wildman–Crippen LogP) is 0.0152. The van der Waals surface area contributed by atoms with E-state index >= 15 is 0 Å². The zero-order valence-electron chi connectivity index (χ0n) is 8.77. The molecule has 6 nitrogen and oxygen atoms in total. The van der Waals surface area contributed by atoms with Crippen LogP contribution in [0, 0.1) is 12.8 Å². The second-order valence-electron chi connectivity index (χ2n) is 2.95.